The summed E-state index contributed by atoms with van der Waals surface area (Å²) in [7, 11) is -0.571. The van der Waals surface area contributed by atoms with Crippen molar-refractivity contribution in [2.75, 3.05) is 0 Å². The van der Waals surface area contributed by atoms with Crippen LogP contribution in [-0.4, -0.2) is 35.5 Å². The van der Waals surface area contributed by atoms with E-state index < -0.39 is 12.7 Å². The highest BCUT2D eigenvalue weighted by molar-refractivity contribution is 6.61. The molecular formula is C36H41BFNO4. The number of ether oxygens (including phenoxy) is 1. The number of halogens is 1. The van der Waals surface area contributed by atoms with Gasteiger partial charge in [-0.15, -0.1) is 0 Å². The fraction of sp³-hybridized carbons (Fsp3) is 0.361. The Morgan fingerprint density at radius 3 is 2.19 bits per heavy atom. The van der Waals surface area contributed by atoms with Crippen LogP contribution in [0.5, 0.6) is 0 Å². The highest BCUT2D eigenvalue weighted by atomic mass is 19.1. The Bertz CT molecular complexity index is 1500. The van der Waals surface area contributed by atoms with Crippen molar-refractivity contribution in [2.45, 2.75) is 84.2 Å². The molecule has 1 saturated heterocycles. The predicted molar refractivity (Wildman–Crippen MR) is 171 cm³/mol. The first-order valence-corrected chi connectivity index (χ1v) is 15.2. The van der Waals surface area contributed by atoms with Crippen molar-refractivity contribution in [2.24, 2.45) is 0 Å². The molecule has 1 aliphatic heterocycles. The van der Waals surface area contributed by atoms with E-state index in [1.807, 2.05) is 81.4 Å². The molecule has 0 spiro atoms. The summed E-state index contributed by atoms with van der Waals surface area (Å²) < 4.78 is 34.8. The van der Waals surface area contributed by atoms with E-state index in [0.29, 0.717) is 19.4 Å². The van der Waals surface area contributed by atoms with Crippen LogP contribution in [0.1, 0.15) is 65.5 Å². The number of nitrogens with zero attached hydrogens (tertiary/aromatic N) is 1. The zero-order valence-corrected chi connectivity index (χ0v) is 25.8. The standard InChI is InChI=1S/C36H41BFNO4/c1-25(2)33-24-32(26-12-8-6-9-13-26)35(27-16-18-29(38)19-17-27)39(33)21-20-30-22-31(23-34(40)41-36(3,4)5)43-37(42-30)28-14-10-7-11-15-28/h6-19,24-25,30-31H,20-23H2,1-5H3. The summed E-state index contributed by atoms with van der Waals surface area (Å²) in [6.45, 7) is 10.7. The average Bonchev–Trinajstić information content (AvgIpc) is 3.36. The number of hydrogen-bond donors (Lipinski definition) is 0. The number of esters is 1. The lowest BCUT2D eigenvalue weighted by atomic mass is 9.76. The minimum absolute atomic E-state index is 0.143. The molecule has 2 unspecified atom stereocenters. The zero-order chi connectivity index (χ0) is 30.6. The number of carbonyl (C=O) groups is 1. The number of aromatic nitrogens is 1. The molecular weight excluding hydrogens is 540 g/mol. The second-order valence-corrected chi connectivity index (χ2v) is 12.6. The smallest absolute Gasteiger partial charge is 0.460 e. The van der Waals surface area contributed by atoms with Crippen LogP contribution in [0.4, 0.5) is 4.39 Å². The van der Waals surface area contributed by atoms with Crippen molar-refractivity contribution in [3.05, 3.63) is 103 Å². The van der Waals surface area contributed by atoms with Gasteiger partial charge in [-0.3, -0.25) is 4.79 Å². The molecule has 0 amide bonds. The highest BCUT2D eigenvalue weighted by Crippen LogP contribution is 2.38. The minimum Gasteiger partial charge on any atom is -0.460 e. The number of benzene rings is 3. The Morgan fingerprint density at radius 2 is 1.56 bits per heavy atom. The van der Waals surface area contributed by atoms with Gasteiger partial charge in [0.25, 0.3) is 0 Å². The molecule has 0 aliphatic carbocycles. The fourth-order valence-corrected chi connectivity index (χ4v) is 5.76. The molecule has 5 rings (SSSR count). The van der Waals surface area contributed by atoms with Crippen LogP contribution in [0, 0.1) is 5.82 Å². The van der Waals surface area contributed by atoms with Gasteiger partial charge in [0.1, 0.15) is 11.4 Å². The van der Waals surface area contributed by atoms with Crippen molar-refractivity contribution in [1.29, 1.82) is 0 Å². The quantitative estimate of drug-likeness (QED) is 0.150. The van der Waals surface area contributed by atoms with Crippen LogP contribution in [-0.2, 0) is 25.4 Å². The summed E-state index contributed by atoms with van der Waals surface area (Å²) in [4.78, 5) is 12.8. The van der Waals surface area contributed by atoms with Crippen molar-refractivity contribution >= 4 is 18.6 Å². The van der Waals surface area contributed by atoms with E-state index in [4.69, 9.17) is 14.0 Å². The van der Waals surface area contributed by atoms with Crippen LogP contribution in [0.2, 0.25) is 0 Å². The number of hydrogen-bond acceptors (Lipinski definition) is 4. The van der Waals surface area contributed by atoms with Gasteiger partial charge in [0, 0.05) is 23.9 Å². The normalized spacial score (nSPS) is 17.3. The van der Waals surface area contributed by atoms with Gasteiger partial charge in [-0.2, -0.15) is 0 Å². The third-order valence-electron chi connectivity index (χ3n) is 7.64. The first-order valence-electron chi connectivity index (χ1n) is 15.2. The molecule has 2 heterocycles. The molecule has 0 N–H and O–H groups in total. The molecule has 7 heteroatoms. The third-order valence-corrected chi connectivity index (χ3v) is 7.64. The first-order chi connectivity index (χ1) is 20.6. The summed E-state index contributed by atoms with van der Waals surface area (Å²) >= 11 is 0. The predicted octanol–water partition coefficient (Wildman–Crippen LogP) is 7.78. The molecule has 224 valence electrons. The molecule has 1 aromatic heterocycles. The highest BCUT2D eigenvalue weighted by Gasteiger charge is 2.37. The Labute approximate surface area is 255 Å². The van der Waals surface area contributed by atoms with E-state index in [0.717, 1.165) is 27.8 Å². The maximum atomic E-state index is 14.0. The Hall–Kier alpha value is -3.68. The van der Waals surface area contributed by atoms with Gasteiger partial charge < -0.3 is 18.6 Å². The summed E-state index contributed by atoms with van der Waals surface area (Å²) in [6, 6.07) is 29.2. The summed E-state index contributed by atoms with van der Waals surface area (Å²) in [5.74, 6) is -0.265. The van der Waals surface area contributed by atoms with E-state index in [2.05, 4.69) is 36.6 Å². The second kappa shape index (κ2) is 13.3. The summed E-state index contributed by atoms with van der Waals surface area (Å²) in [5.41, 5.74) is 5.82. The molecule has 1 fully saturated rings. The van der Waals surface area contributed by atoms with E-state index in [9.17, 15) is 9.18 Å². The lowest BCUT2D eigenvalue weighted by molar-refractivity contribution is -0.157. The van der Waals surface area contributed by atoms with Crippen molar-refractivity contribution in [1.82, 2.24) is 4.57 Å². The third kappa shape index (κ3) is 7.84. The molecule has 4 aromatic rings. The van der Waals surface area contributed by atoms with Gasteiger partial charge in [0.2, 0.25) is 0 Å². The lowest BCUT2D eigenvalue weighted by Gasteiger charge is -2.35. The van der Waals surface area contributed by atoms with Gasteiger partial charge >= 0.3 is 13.1 Å². The minimum atomic E-state index is -0.571. The SMILES string of the molecule is CC(C)c1cc(-c2ccccc2)c(-c2ccc(F)cc2)n1CCC1CC(CC(=O)OC(C)(C)C)OB(c2ccccc2)O1. The molecule has 1 aliphatic rings. The molecule has 3 aromatic carbocycles. The molecule has 0 saturated carbocycles. The van der Waals surface area contributed by atoms with Crippen LogP contribution >= 0.6 is 0 Å². The fourth-order valence-electron chi connectivity index (χ4n) is 5.76. The summed E-state index contributed by atoms with van der Waals surface area (Å²) in [6.07, 6.45) is 0.992. The number of rotatable bonds is 9. The maximum Gasteiger partial charge on any atom is 0.494 e. The van der Waals surface area contributed by atoms with Gasteiger partial charge in [0.15, 0.2) is 0 Å². The Morgan fingerprint density at radius 1 is 0.930 bits per heavy atom. The van der Waals surface area contributed by atoms with E-state index in [1.54, 1.807) is 0 Å². The molecule has 2 atom stereocenters. The Balaban J connectivity index is 1.46. The molecule has 5 nitrogen and oxygen atoms in total. The largest absolute Gasteiger partial charge is 0.494 e. The van der Waals surface area contributed by atoms with Crippen LogP contribution in [0.3, 0.4) is 0 Å². The van der Waals surface area contributed by atoms with E-state index >= 15 is 0 Å². The zero-order valence-electron chi connectivity index (χ0n) is 25.8. The monoisotopic (exact) mass is 581 g/mol. The Kier molecular flexibility index (Phi) is 9.53. The summed E-state index contributed by atoms with van der Waals surface area (Å²) in [5, 5.41) is 0. The van der Waals surface area contributed by atoms with Crippen molar-refractivity contribution in [3.8, 4) is 22.4 Å². The van der Waals surface area contributed by atoms with Crippen LogP contribution in [0.25, 0.3) is 22.4 Å². The number of carbonyl (C=O) groups excluding carboxylic acids is 1. The molecule has 0 bridgehead atoms. The van der Waals surface area contributed by atoms with Gasteiger partial charge in [-0.1, -0.05) is 74.5 Å². The molecule has 43 heavy (non-hydrogen) atoms. The van der Waals surface area contributed by atoms with Gasteiger partial charge in [-0.25, -0.2) is 4.39 Å². The average molecular weight is 582 g/mol. The molecule has 0 radical (unpaired) electrons. The van der Waals surface area contributed by atoms with Crippen molar-refractivity contribution < 1.29 is 23.2 Å². The van der Waals surface area contributed by atoms with Crippen LogP contribution in [0.15, 0.2) is 91.0 Å². The second-order valence-electron chi connectivity index (χ2n) is 12.6. The topological polar surface area (TPSA) is 49.7 Å². The first kappa shape index (κ1) is 30.8. The van der Waals surface area contributed by atoms with E-state index in [1.165, 1.54) is 17.8 Å². The van der Waals surface area contributed by atoms with Crippen molar-refractivity contribution in [3.63, 3.8) is 0 Å². The van der Waals surface area contributed by atoms with Crippen LogP contribution < -0.4 is 5.46 Å². The lowest BCUT2D eigenvalue weighted by Crippen LogP contribution is -2.49. The van der Waals surface area contributed by atoms with Gasteiger partial charge in [-0.05, 0) is 86.5 Å². The van der Waals surface area contributed by atoms with Gasteiger partial charge in [0.05, 0.1) is 18.2 Å². The van der Waals surface area contributed by atoms with E-state index in [-0.39, 0.29) is 36.3 Å². The maximum absolute atomic E-state index is 14.0.